The third kappa shape index (κ3) is 4.56. The Morgan fingerprint density at radius 1 is 1.15 bits per heavy atom. The number of aromatic nitrogens is 1. The monoisotopic (exact) mass is 359 g/mol. The molecular weight excluding hydrogens is 326 g/mol. The summed E-state index contributed by atoms with van der Waals surface area (Å²) >= 11 is 0. The molecule has 0 radical (unpaired) electrons. The molecule has 5 heteroatoms. The number of hydrogen-bond donors (Lipinski definition) is 1. The van der Waals surface area contributed by atoms with Gasteiger partial charge in [0.05, 0.1) is 0 Å². The molecule has 0 bridgehead atoms. The molecule has 5 nitrogen and oxygen atoms in total. The van der Waals surface area contributed by atoms with Gasteiger partial charge in [0.25, 0.3) is 5.91 Å². The van der Waals surface area contributed by atoms with Gasteiger partial charge in [-0.25, -0.2) is 0 Å². The summed E-state index contributed by atoms with van der Waals surface area (Å²) < 4.78 is 0. The first-order chi connectivity index (χ1) is 12.2. The van der Waals surface area contributed by atoms with Crippen LogP contribution in [0, 0.1) is 24.2 Å². The smallest absolute Gasteiger partial charge is 0.259 e. The zero-order valence-corrected chi connectivity index (χ0v) is 16.7. The molecule has 2 fully saturated rings. The molecule has 3 rings (SSSR count). The minimum absolute atomic E-state index is 0.120. The van der Waals surface area contributed by atoms with Crippen LogP contribution < -0.4 is 5.43 Å². The molecule has 1 amide bonds. The van der Waals surface area contributed by atoms with Crippen molar-refractivity contribution in [1.82, 2.24) is 14.8 Å². The summed E-state index contributed by atoms with van der Waals surface area (Å²) in [4.78, 5) is 32.2. The second-order valence-corrected chi connectivity index (χ2v) is 9.37. The molecule has 0 aromatic carbocycles. The fourth-order valence-electron chi connectivity index (χ4n) is 4.55. The predicted octanol–water partition coefficient (Wildman–Crippen LogP) is 2.90. The van der Waals surface area contributed by atoms with Crippen LogP contribution in [0.25, 0.3) is 0 Å². The summed E-state index contributed by atoms with van der Waals surface area (Å²) in [7, 11) is 0. The highest BCUT2D eigenvalue weighted by atomic mass is 16.2. The van der Waals surface area contributed by atoms with Gasteiger partial charge in [0.1, 0.15) is 5.56 Å². The second kappa shape index (κ2) is 7.55. The molecular formula is C21H33N3O2. The molecule has 0 aliphatic carbocycles. The number of nitrogens with zero attached hydrogens (tertiary/aromatic N) is 2. The van der Waals surface area contributed by atoms with Crippen molar-refractivity contribution in [2.75, 3.05) is 32.7 Å². The summed E-state index contributed by atoms with van der Waals surface area (Å²) in [5, 5.41) is 0. The molecule has 1 aromatic heterocycles. The maximum atomic E-state index is 12.7. The van der Waals surface area contributed by atoms with Crippen molar-refractivity contribution in [3.63, 3.8) is 0 Å². The van der Waals surface area contributed by atoms with E-state index in [9.17, 15) is 9.59 Å². The lowest BCUT2D eigenvalue weighted by Gasteiger charge is -2.35. The Balaban J connectivity index is 1.53. The van der Waals surface area contributed by atoms with Gasteiger partial charge in [-0.1, -0.05) is 20.8 Å². The number of H-pyrrole nitrogens is 1. The van der Waals surface area contributed by atoms with Crippen molar-refractivity contribution in [1.29, 1.82) is 0 Å². The van der Waals surface area contributed by atoms with Crippen molar-refractivity contribution in [2.45, 2.75) is 47.0 Å². The summed E-state index contributed by atoms with van der Waals surface area (Å²) in [6.45, 7) is 13.8. The first-order valence-corrected chi connectivity index (χ1v) is 9.94. The minimum atomic E-state index is -0.179. The lowest BCUT2D eigenvalue weighted by atomic mass is 9.83. The third-order valence-corrected chi connectivity index (χ3v) is 5.79. The third-order valence-electron chi connectivity index (χ3n) is 5.79. The van der Waals surface area contributed by atoms with E-state index in [1.807, 2.05) is 11.8 Å². The number of carbonyl (C=O) groups is 1. The van der Waals surface area contributed by atoms with E-state index >= 15 is 0 Å². The number of piperidine rings is 1. The summed E-state index contributed by atoms with van der Waals surface area (Å²) in [6.07, 6.45) is 4.97. The van der Waals surface area contributed by atoms with E-state index in [0.29, 0.717) is 11.3 Å². The summed E-state index contributed by atoms with van der Waals surface area (Å²) in [5.74, 6) is 1.35. The van der Waals surface area contributed by atoms with Gasteiger partial charge in [0, 0.05) is 44.1 Å². The molecule has 1 N–H and O–H groups in total. The highest BCUT2D eigenvalue weighted by Crippen LogP contribution is 2.33. The lowest BCUT2D eigenvalue weighted by molar-refractivity contribution is 0.0655. The topological polar surface area (TPSA) is 56.4 Å². The van der Waals surface area contributed by atoms with Crippen molar-refractivity contribution in [2.24, 2.45) is 17.3 Å². The molecule has 0 saturated carbocycles. The Labute approximate surface area is 156 Å². The van der Waals surface area contributed by atoms with Gasteiger partial charge in [-0.2, -0.15) is 0 Å². The second-order valence-electron chi connectivity index (χ2n) is 9.37. The molecule has 1 unspecified atom stereocenters. The molecule has 2 aliphatic rings. The standard InChI is InChI=1S/C21H33N3O2/c1-15-11-19(25)18(12-22-15)20(26)24-9-6-16(7-10-24)17-5-8-23(13-17)14-21(2,3)4/h11-12,16-17H,5-10,13-14H2,1-4H3,(H,22,25). The molecule has 2 saturated heterocycles. The molecule has 144 valence electrons. The first-order valence-electron chi connectivity index (χ1n) is 9.94. The number of hydrogen-bond acceptors (Lipinski definition) is 3. The predicted molar refractivity (Wildman–Crippen MR) is 104 cm³/mol. The average Bonchev–Trinajstić information content (AvgIpc) is 3.01. The number of aromatic amines is 1. The molecule has 2 aliphatic heterocycles. The van der Waals surface area contributed by atoms with Crippen LogP contribution in [0.5, 0.6) is 0 Å². The van der Waals surface area contributed by atoms with E-state index in [1.54, 1.807) is 6.20 Å². The molecule has 26 heavy (non-hydrogen) atoms. The SMILES string of the molecule is Cc1cc(=O)c(C(=O)N2CCC(C3CCN(CC(C)(C)C)C3)CC2)c[nH]1. The molecule has 1 atom stereocenters. The van der Waals surface area contributed by atoms with Gasteiger partial charge in [-0.05, 0) is 50.0 Å². The Hall–Kier alpha value is -1.62. The fraction of sp³-hybridized carbons (Fsp3) is 0.714. The summed E-state index contributed by atoms with van der Waals surface area (Å²) in [5.41, 5.74) is 1.23. The Bertz CT molecular complexity index is 696. The van der Waals surface area contributed by atoms with Crippen LogP contribution in [0.2, 0.25) is 0 Å². The van der Waals surface area contributed by atoms with Crippen LogP contribution in [0.4, 0.5) is 0 Å². The van der Waals surface area contributed by atoms with E-state index in [-0.39, 0.29) is 16.9 Å². The Kier molecular flexibility index (Phi) is 5.56. The highest BCUT2D eigenvalue weighted by Gasteiger charge is 2.34. The summed E-state index contributed by atoms with van der Waals surface area (Å²) in [6, 6.07) is 1.50. The van der Waals surface area contributed by atoms with Gasteiger partial charge in [0.2, 0.25) is 0 Å². The van der Waals surface area contributed by atoms with Gasteiger partial charge in [-0.3, -0.25) is 9.59 Å². The number of rotatable bonds is 3. The van der Waals surface area contributed by atoms with Gasteiger partial charge in [0.15, 0.2) is 5.43 Å². The Morgan fingerprint density at radius 3 is 2.42 bits per heavy atom. The average molecular weight is 360 g/mol. The van der Waals surface area contributed by atoms with Crippen molar-refractivity contribution in [3.8, 4) is 0 Å². The van der Waals surface area contributed by atoms with E-state index in [0.717, 1.165) is 44.1 Å². The molecule has 0 spiro atoms. The minimum Gasteiger partial charge on any atom is -0.364 e. The van der Waals surface area contributed by atoms with Crippen LogP contribution >= 0.6 is 0 Å². The van der Waals surface area contributed by atoms with Crippen molar-refractivity contribution in [3.05, 3.63) is 33.7 Å². The number of likely N-dealkylation sites (tertiary alicyclic amines) is 2. The van der Waals surface area contributed by atoms with Gasteiger partial charge < -0.3 is 14.8 Å². The molecule has 1 aromatic rings. The van der Waals surface area contributed by atoms with Gasteiger partial charge in [-0.15, -0.1) is 0 Å². The normalized spacial score (nSPS) is 22.8. The van der Waals surface area contributed by atoms with E-state index < -0.39 is 0 Å². The maximum absolute atomic E-state index is 12.7. The number of aryl methyl sites for hydroxylation is 1. The van der Waals surface area contributed by atoms with E-state index in [4.69, 9.17) is 0 Å². The van der Waals surface area contributed by atoms with Crippen LogP contribution in [-0.2, 0) is 0 Å². The molecule has 3 heterocycles. The number of amides is 1. The van der Waals surface area contributed by atoms with Crippen molar-refractivity contribution >= 4 is 5.91 Å². The highest BCUT2D eigenvalue weighted by molar-refractivity contribution is 5.93. The number of carbonyl (C=O) groups excluding carboxylic acids is 1. The Morgan fingerprint density at radius 2 is 1.81 bits per heavy atom. The quantitative estimate of drug-likeness (QED) is 0.903. The zero-order valence-electron chi connectivity index (χ0n) is 16.7. The fourth-order valence-corrected chi connectivity index (χ4v) is 4.55. The zero-order chi connectivity index (χ0) is 18.9. The largest absolute Gasteiger partial charge is 0.364 e. The van der Waals surface area contributed by atoms with E-state index in [2.05, 4.69) is 30.7 Å². The van der Waals surface area contributed by atoms with Crippen LogP contribution in [-0.4, -0.2) is 53.4 Å². The van der Waals surface area contributed by atoms with E-state index in [1.165, 1.54) is 25.6 Å². The van der Waals surface area contributed by atoms with Crippen molar-refractivity contribution < 1.29 is 4.79 Å². The first kappa shape index (κ1) is 19.2. The lowest BCUT2D eigenvalue weighted by Crippen LogP contribution is -2.42. The van der Waals surface area contributed by atoms with Crippen LogP contribution in [0.3, 0.4) is 0 Å². The van der Waals surface area contributed by atoms with Crippen LogP contribution in [0.15, 0.2) is 17.1 Å². The number of nitrogens with one attached hydrogen (secondary N) is 1. The van der Waals surface area contributed by atoms with Gasteiger partial charge >= 0.3 is 0 Å². The maximum Gasteiger partial charge on any atom is 0.259 e. The van der Waals surface area contributed by atoms with Crippen LogP contribution in [0.1, 0.15) is 56.1 Å². The number of pyridine rings is 1.